The molecule has 2 amide bonds. The number of halogens is 3. The molecule has 0 aromatic heterocycles. The first-order valence-electron chi connectivity index (χ1n) is 12.4. The van der Waals surface area contributed by atoms with Crippen LogP contribution in [0.5, 0.6) is 0 Å². The normalized spacial score (nSPS) is 20.7. The summed E-state index contributed by atoms with van der Waals surface area (Å²) in [7, 11) is 0. The second-order valence-electron chi connectivity index (χ2n) is 9.72. The fourth-order valence-corrected chi connectivity index (χ4v) is 4.31. The molecular weight excluding hydrogens is 487 g/mol. The maximum absolute atomic E-state index is 12.5. The van der Waals surface area contributed by atoms with Crippen LogP contribution in [-0.2, 0) is 16.1 Å². The van der Waals surface area contributed by atoms with Gasteiger partial charge in [-0.1, -0.05) is 24.3 Å². The van der Waals surface area contributed by atoms with Gasteiger partial charge in [-0.2, -0.15) is 13.2 Å². The topological polar surface area (TPSA) is 98.7 Å². The smallest absolute Gasteiger partial charge is 0.475 e. The van der Waals surface area contributed by atoms with E-state index in [4.69, 9.17) is 9.90 Å². The predicted octanol–water partition coefficient (Wildman–Crippen LogP) is 4.23. The number of hydrogen-bond donors (Lipinski definition) is 3. The molecule has 37 heavy (non-hydrogen) atoms. The van der Waals surface area contributed by atoms with Crippen LogP contribution in [0.15, 0.2) is 48.5 Å². The first kappa shape index (κ1) is 26.7. The number of hydrogen-bond acceptors (Lipinski definition) is 4. The van der Waals surface area contributed by atoms with Crippen LogP contribution in [0.4, 0.5) is 18.9 Å². The molecule has 3 fully saturated rings. The molecule has 2 atom stereocenters. The van der Waals surface area contributed by atoms with Gasteiger partial charge in [0.15, 0.2) is 0 Å². The number of rotatable bonds is 8. The highest BCUT2D eigenvalue weighted by Gasteiger charge is 2.39. The molecule has 3 N–H and O–H groups in total. The van der Waals surface area contributed by atoms with Gasteiger partial charge in [0, 0.05) is 42.7 Å². The van der Waals surface area contributed by atoms with E-state index >= 15 is 0 Å². The van der Waals surface area contributed by atoms with Crippen molar-refractivity contribution >= 4 is 23.5 Å². The van der Waals surface area contributed by atoms with Crippen molar-refractivity contribution in [2.45, 2.75) is 56.8 Å². The summed E-state index contributed by atoms with van der Waals surface area (Å²) < 4.78 is 31.7. The molecule has 7 nitrogen and oxygen atoms in total. The molecule has 10 heteroatoms. The fourth-order valence-electron chi connectivity index (χ4n) is 4.31. The Hall–Kier alpha value is -3.40. The maximum atomic E-state index is 12.5. The van der Waals surface area contributed by atoms with Gasteiger partial charge in [-0.15, -0.1) is 0 Å². The van der Waals surface area contributed by atoms with Gasteiger partial charge in [0.1, 0.15) is 0 Å². The molecule has 1 heterocycles. The zero-order valence-electron chi connectivity index (χ0n) is 20.3. The second-order valence-corrected chi connectivity index (χ2v) is 9.72. The van der Waals surface area contributed by atoms with E-state index in [1.165, 1.54) is 24.8 Å². The van der Waals surface area contributed by atoms with E-state index in [-0.39, 0.29) is 11.8 Å². The van der Waals surface area contributed by atoms with Crippen molar-refractivity contribution in [1.29, 1.82) is 0 Å². The number of nitrogens with one attached hydrogen (secondary N) is 2. The second kappa shape index (κ2) is 11.3. The van der Waals surface area contributed by atoms with Crippen molar-refractivity contribution in [3.63, 3.8) is 0 Å². The number of alkyl halides is 3. The Morgan fingerprint density at radius 3 is 2.22 bits per heavy atom. The Morgan fingerprint density at radius 1 is 1.03 bits per heavy atom. The highest BCUT2D eigenvalue weighted by molar-refractivity contribution is 5.95. The van der Waals surface area contributed by atoms with E-state index in [0.29, 0.717) is 30.5 Å². The molecule has 1 saturated heterocycles. The van der Waals surface area contributed by atoms with Crippen molar-refractivity contribution in [3.05, 3.63) is 65.2 Å². The Bertz CT molecular complexity index is 1120. The lowest BCUT2D eigenvalue weighted by Gasteiger charge is -2.16. The van der Waals surface area contributed by atoms with Crippen LogP contribution in [0.3, 0.4) is 0 Å². The quantitative estimate of drug-likeness (QED) is 0.487. The molecule has 2 saturated carbocycles. The van der Waals surface area contributed by atoms with Gasteiger partial charge in [-0.05, 0) is 73.5 Å². The van der Waals surface area contributed by atoms with Gasteiger partial charge in [0.25, 0.3) is 5.91 Å². The number of carbonyl (C=O) groups is 3. The minimum absolute atomic E-state index is 0.0560. The summed E-state index contributed by atoms with van der Waals surface area (Å²) >= 11 is 0. The van der Waals surface area contributed by atoms with Crippen molar-refractivity contribution < 1.29 is 32.7 Å². The molecule has 2 unspecified atom stereocenters. The third-order valence-corrected chi connectivity index (χ3v) is 6.77. The molecule has 3 aliphatic rings. The molecule has 1 aliphatic heterocycles. The first-order valence-corrected chi connectivity index (χ1v) is 12.4. The van der Waals surface area contributed by atoms with Crippen LogP contribution < -0.4 is 15.5 Å². The van der Waals surface area contributed by atoms with Crippen LogP contribution in [0.25, 0.3) is 0 Å². The van der Waals surface area contributed by atoms with Crippen LogP contribution in [0.1, 0.15) is 59.5 Å². The van der Waals surface area contributed by atoms with Gasteiger partial charge in [-0.25, -0.2) is 4.79 Å². The van der Waals surface area contributed by atoms with Crippen molar-refractivity contribution in [3.8, 4) is 0 Å². The first-order chi connectivity index (χ1) is 17.6. The third-order valence-electron chi connectivity index (χ3n) is 6.77. The third kappa shape index (κ3) is 7.55. The van der Waals surface area contributed by atoms with E-state index in [0.717, 1.165) is 36.7 Å². The summed E-state index contributed by atoms with van der Waals surface area (Å²) in [6, 6.07) is 16.6. The molecule has 2 aromatic carbocycles. The molecular formula is C27H30F3N3O4. The van der Waals surface area contributed by atoms with E-state index in [9.17, 15) is 22.8 Å². The summed E-state index contributed by atoms with van der Waals surface area (Å²) in [5.74, 6) is -1.11. The molecule has 198 valence electrons. The summed E-state index contributed by atoms with van der Waals surface area (Å²) in [6.07, 6.45) is 0.451. The number of amides is 2. The highest BCUT2D eigenvalue weighted by Crippen LogP contribution is 2.41. The standard InChI is InChI=1S/C25H29N3O2.C2HF3O2/c29-24-2-1-13-28(24)21-11-5-18(6-12-21)16-27-25(30)20-9-7-19(8-10-20)22-14-23(22)26-15-17-3-4-17;3-2(4,5)1(6)7/h5-12,17,22-23,26H,1-4,13-16H2,(H,27,30);(H,6,7). The lowest BCUT2D eigenvalue weighted by molar-refractivity contribution is -0.192. The molecule has 5 rings (SSSR count). The van der Waals surface area contributed by atoms with E-state index in [1.54, 1.807) is 0 Å². The lowest BCUT2D eigenvalue weighted by atomic mass is 10.1. The van der Waals surface area contributed by atoms with Gasteiger partial charge in [-0.3, -0.25) is 9.59 Å². The number of aliphatic carboxylic acids is 1. The summed E-state index contributed by atoms with van der Waals surface area (Å²) in [5, 5.41) is 13.8. The number of carboxylic acids is 1. The number of nitrogens with zero attached hydrogens (tertiary/aromatic N) is 1. The number of carbonyl (C=O) groups excluding carboxylic acids is 2. The van der Waals surface area contributed by atoms with Crippen LogP contribution in [0.2, 0.25) is 0 Å². The van der Waals surface area contributed by atoms with Crippen LogP contribution in [0, 0.1) is 5.92 Å². The zero-order valence-corrected chi connectivity index (χ0v) is 20.3. The summed E-state index contributed by atoms with van der Waals surface area (Å²) in [5.41, 5.74) is 3.99. The lowest BCUT2D eigenvalue weighted by Crippen LogP contribution is -2.24. The molecule has 0 radical (unpaired) electrons. The zero-order chi connectivity index (χ0) is 26.6. The van der Waals surface area contributed by atoms with E-state index in [2.05, 4.69) is 22.8 Å². The average Bonchev–Trinajstić information content (AvgIpc) is 3.80. The van der Waals surface area contributed by atoms with Crippen LogP contribution in [-0.4, -0.2) is 48.2 Å². The minimum atomic E-state index is -5.08. The Kier molecular flexibility index (Phi) is 8.16. The summed E-state index contributed by atoms with van der Waals surface area (Å²) in [4.78, 5) is 35.1. The van der Waals surface area contributed by atoms with Crippen LogP contribution >= 0.6 is 0 Å². The molecule has 2 aromatic rings. The maximum Gasteiger partial charge on any atom is 0.490 e. The Morgan fingerprint density at radius 2 is 1.68 bits per heavy atom. The van der Waals surface area contributed by atoms with Gasteiger partial charge in [0.2, 0.25) is 5.91 Å². The van der Waals surface area contributed by atoms with Crippen molar-refractivity contribution in [1.82, 2.24) is 10.6 Å². The molecule has 0 bridgehead atoms. The fraction of sp³-hybridized carbons (Fsp3) is 0.444. The Labute approximate surface area is 213 Å². The van der Waals surface area contributed by atoms with Gasteiger partial charge < -0.3 is 20.6 Å². The van der Waals surface area contributed by atoms with Gasteiger partial charge in [0.05, 0.1) is 0 Å². The highest BCUT2D eigenvalue weighted by atomic mass is 19.4. The van der Waals surface area contributed by atoms with Crippen molar-refractivity contribution in [2.75, 3.05) is 18.0 Å². The Balaban J connectivity index is 0.000000405. The van der Waals surface area contributed by atoms with Crippen molar-refractivity contribution in [2.24, 2.45) is 5.92 Å². The SMILES string of the molecule is O=C(NCc1ccc(N2CCCC2=O)cc1)c1ccc(C2CC2NCC2CC2)cc1.O=C(O)C(F)(F)F. The van der Waals surface area contributed by atoms with E-state index in [1.807, 2.05) is 41.3 Å². The van der Waals surface area contributed by atoms with Gasteiger partial charge >= 0.3 is 12.1 Å². The monoisotopic (exact) mass is 517 g/mol. The number of benzene rings is 2. The number of carboxylic acid groups (broad SMARTS) is 1. The average molecular weight is 518 g/mol. The summed E-state index contributed by atoms with van der Waals surface area (Å²) in [6.45, 7) is 2.44. The number of anilines is 1. The molecule has 2 aliphatic carbocycles. The predicted molar refractivity (Wildman–Crippen MR) is 131 cm³/mol. The largest absolute Gasteiger partial charge is 0.490 e. The molecule has 0 spiro atoms. The minimum Gasteiger partial charge on any atom is -0.475 e. The van der Waals surface area contributed by atoms with E-state index < -0.39 is 12.1 Å².